The van der Waals surface area contributed by atoms with E-state index in [2.05, 4.69) is 34.4 Å². The molecule has 3 N–H and O–H groups in total. The summed E-state index contributed by atoms with van der Waals surface area (Å²) < 4.78 is 11.3. The highest BCUT2D eigenvalue weighted by molar-refractivity contribution is 5.85. The largest absolute Gasteiger partial charge is 0.486 e. The molecule has 0 spiro atoms. The fourth-order valence-electron chi connectivity index (χ4n) is 3.43. The van der Waals surface area contributed by atoms with Gasteiger partial charge in [-0.2, -0.15) is 5.26 Å². The third-order valence-electron chi connectivity index (χ3n) is 4.84. The molecule has 2 aliphatic heterocycles. The highest BCUT2D eigenvalue weighted by Gasteiger charge is 2.29. The number of fused-ring (bicyclic) bond motifs is 1. The van der Waals surface area contributed by atoms with Crippen molar-refractivity contribution in [2.24, 2.45) is 5.92 Å². The van der Waals surface area contributed by atoms with E-state index >= 15 is 0 Å². The maximum absolute atomic E-state index is 8.86. The van der Waals surface area contributed by atoms with Crippen molar-refractivity contribution in [2.45, 2.75) is 12.6 Å². The molecule has 2 atom stereocenters. The first kappa shape index (κ1) is 19.5. The maximum atomic E-state index is 8.86. The van der Waals surface area contributed by atoms with Crippen LogP contribution >= 0.6 is 12.4 Å². The number of rotatable bonds is 5. The Morgan fingerprint density at radius 1 is 1.07 bits per heavy atom. The molecule has 0 aromatic heterocycles. The summed E-state index contributed by atoms with van der Waals surface area (Å²) in [6.07, 6.45) is 0. The number of nitrogens with zero attached hydrogens (tertiary/aromatic N) is 1. The van der Waals surface area contributed by atoms with Crippen molar-refractivity contribution in [1.82, 2.24) is 16.2 Å². The van der Waals surface area contributed by atoms with E-state index in [1.807, 2.05) is 30.3 Å². The first-order chi connectivity index (χ1) is 12.8. The van der Waals surface area contributed by atoms with Crippen molar-refractivity contribution in [3.8, 4) is 17.6 Å². The summed E-state index contributed by atoms with van der Waals surface area (Å²) in [5.41, 5.74) is 9.71. The predicted octanol–water partition coefficient (Wildman–Crippen LogP) is 2.31. The van der Waals surface area contributed by atoms with Crippen LogP contribution in [0.15, 0.2) is 42.5 Å². The van der Waals surface area contributed by atoms with Gasteiger partial charge >= 0.3 is 0 Å². The van der Waals surface area contributed by atoms with Gasteiger partial charge in [-0.15, -0.1) is 12.4 Å². The Morgan fingerprint density at radius 3 is 2.63 bits per heavy atom. The summed E-state index contributed by atoms with van der Waals surface area (Å²) in [5, 5.41) is 12.4. The fourth-order valence-corrected chi connectivity index (χ4v) is 3.43. The summed E-state index contributed by atoms with van der Waals surface area (Å²) in [6, 6.07) is 16.2. The van der Waals surface area contributed by atoms with Crippen molar-refractivity contribution < 1.29 is 9.47 Å². The Labute approximate surface area is 165 Å². The maximum Gasteiger partial charge on any atom is 0.161 e. The van der Waals surface area contributed by atoms with E-state index in [4.69, 9.17) is 14.7 Å². The molecule has 0 radical (unpaired) electrons. The summed E-state index contributed by atoms with van der Waals surface area (Å²) in [7, 11) is 0. The molecular weight excluding hydrogens is 364 g/mol. The predicted molar refractivity (Wildman–Crippen MR) is 105 cm³/mol. The molecule has 2 aromatic carbocycles. The first-order valence-electron chi connectivity index (χ1n) is 8.91. The summed E-state index contributed by atoms with van der Waals surface area (Å²) in [6.45, 7) is 3.79. The molecule has 27 heavy (non-hydrogen) atoms. The normalized spacial score (nSPS) is 20.6. The van der Waals surface area contributed by atoms with Crippen LogP contribution in [-0.2, 0) is 6.54 Å². The van der Waals surface area contributed by atoms with Gasteiger partial charge in [0.15, 0.2) is 11.5 Å². The summed E-state index contributed by atoms with van der Waals surface area (Å²) in [5.74, 6) is 2.07. The van der Waals surface area contributed by atoms with Crippen molar-refractivity contribution in [3.63, 3.8) is 0 Å². The van der Waals surface area contributed by atoms with Crippen molar-refractivity contribution in [3.05, 3.63) is 59.2 Å². The van der Waals surface area contributed by atoms with Gasteiger partial charge in [0, 0.05) is 25.6 Å². The van der Waals surface area contributed by atoms with E-state index in [-0.39, 0.29) is 18.4 Å². The average Bonchev–Trinajstić information content (AvgIpc) is 3.17. The number of nitriles is 1. The number of benzene rings is 2. The van der Waals surface area contributed by atoms with Gasteiger partial charge in [0.2, 0.25) is 0 Å². The third-order valence-corrected chi connectivity index (χ3v) is 4.84. The van der Waals surface area contributed by atoms with Gasteiger partial charge in [-0.25, -0.2) is 5.43 Å². The molecule has 0 amide bonds. The summed E-state index contributed by atoms with van der Waals surface area (Å²) >= 11 is 0. The Bertz CT molecular complexity index is 807. The van der Waals surface area contributed by atoms with Gasteiger partial charge in [0.1, 0.15) is 13.2 Å². The van der Waals surface area contributed by atoms with Gasteiger partial charge in [-0.3, -0.25) is 5.43 Å². The van der Waals surface area contributed by atoms with Crippen molar-refractivity contribution in [1.29, 1.82) is 5.26 Å². The van der Waals surface area contributed by atoms with E-state index in [1.54, 1.807) is 0 Å². The van der Waals surface area contributed by atoms with Crippen LogP contribution in [0.1, 0.15) is 22.7 Å². The fraction of sp³-hybridized carbons (Fsp3) is 0.350. The Kier molecular flexibility index (Phi) is 6.54. The highest BCUT2D eigenvalue weighted by atomic mass is 35.5. The van der Waals surface area contributed by atoms with E-state index in [1.165, 1.54) is 11.1 Å². The molecule has 2 heterocycles. The van der Waals surface area contributed by atoms with Crippen LogP contribution in [0, 0.1) is 17.2 Å². The van der Waals surface area contributed by atoms with Gasteiger partial charge in [0.05, 0.1) is 17.7 Å². The van der Waals surface area contributed by atoms with Crippen LogP contribution in [-0.4, -0.2) is 26.3 Å². The molecule has 0 saturated carbocycles. The molecule has 1 fully saturated rings. The number of hydrogen-bond acceptors (Lipinski definition) is 6. The minimum absolute atomic E-state index is 0. The van der Waals surface area contributed by atoms with Gasteiger partial charge in [-0.1, -0.05) is 18.2 Å². The van der Waals surface area contributed by atoms with E-state index < -0.39 is 0 Å². The van der Waals surface area contributed by atoms with Crippen LogP contribution < -0.4 is 25.6 Å². The standard InChI is InChI=1S/C20H22N4O2.ClH/c21-10-14-1-3-15(4-2-14)11-22-12-17-13-23-24-20(17)16-5-6-18-19(9-16)26-8-7-25-18;/h1-6,9,17,20,22-24H,7-8,11-13H2;1H. The van der Waals surface area contributed by atoms with Gasteiger partial charge < -0.3 is 14.8 Å². The second-order valence-corrected chi connectivity index (χ2v) is 6.61. The topological polar surface area (TPSA) is 78.3 Å². The minimum Gasteiger partial charge on any atom is -0.486 e. The third kappa shape index (κ3) is 4.52. The molecule has 6 nitrogen and oxygen atoms in total. The average molecular weight is 387 g/mol. The molecule has 4 rings (SSSR count). The number of hydrogen-bond donors (Lipinski definition) is 3. The lowest BCUT2D eigenvalue weighted by atomic mass is 9.94. The molecule has 0 aliphatic carbocycles. The Balaban J connectivity index is 0.00000210. The summed E-state index contributed by atoms with van der Waals surface area (Å²) in [4.78, 5) is 0. The molecule has 142 valence electrons. The Hall–Kier alpha value is -2.30. The van der Waals surface area contributed by atoms with E-state index in [9.17, 15) is 0 Å². The number of ether oxygens (including phenoxy) is 2. The van der Waals surface area contributed by atoms with Crippen LogP contribution in [0.3, 0.4) is 0 Å². The van der Waals surface area contributed by atoms with Crippen LogP contribution in [0.5, 0.6) is 11.5 Å². The molecule has 0 bridgehead atoms. The quantitative estimate of drug-likeness (QED) is 0.732. The molecule has 2 aliphatic rings. The second-order valence-electron chi connectivity index (χ2n) is 6.61. The van der Waals surface area contributed by atoms with Crippen LogP contribution in [0.4, 0.5) is 0 Å². The van der Waals surface area contributed by atoms with E-state index in [0.717, 1.165) is 31.1 Å². The lowest BCUT2D eigenvalue weighted by Crippen LogP contribution is -2.28. The van der Waals surface area contributed by atoms with Crippen molar-refractivity contribution >= 4 is 12.4 Å². The zero-order valence-electron chi connectivity index (χ0n) is 14.9. The lowest BCUT2D eigenvalue weighted by Gasteiger charge is -2.23. The molecule has 2 aromatic rings. The van der Waals surface area contributed by atoms with Gasteiger partial charge in [0.25, 0.3) is 0 Å². The highest BCUT2D eigenvalue weighted by Crippen LogP contribution is 2.35. The first-order valence-corrected chi connectivity index (χ1v) is 8.91. The number of halogens is 1. The zero-order valence-corrected chi connectivity index (χ0v) is 15.7. The van der Waals surface area contributed by atoms with Crippen molar-refractivity contribution in [2.75, 3.05) is 26.3 Å². The molecule has 2 unspecified atom stereocenters. The monoisotopic (exact) mass is 386 g/mol. The lowest BCUT2D eigenvalue weighted by molar-refractivity contribution is 0.171. The SMILES string of the molecule is Cl.N#Cc1ccc(CNCC2CNNC2c2ccc3c(c2)OCCO3)cc1. The van der Waals surface area contributed by atoms with Crippen LogP contribution in [0.25, 0.3) is 0 Å². The minimum atomic E-state index is 0. The molecule has 1 saturated heterocycles. The smallest absolute Gasteiger partial charge is 0.161 e. The number of nitrogens with one attached hydrogen (secondary N) is 3. The Morgan fingerprint density at radius 2 is 1.85 bits per heavy atom. The zero-order chi connectivity index (χ0) is 17.8. The second kappa shape index (κ2) is 9.07. The molecule has 7 heteroatoms. The molecular formula is C20H23ClN4O2. The van der Waals surface area contributed by atoms with E-state index in [0.29, 0.717) is 24.7 Å². The van der Waals surface area contributed by atoms with Gasteiger partial charge in [-0.05, 0) is 35.4 Å². The number of hydrazine groups is 1. The van der Waals surface area contributed by atoms with Crippen LogP contribution in [0.2, 0.25) is 0 Å².